The van der Waals surface area contributed by atoms with Crippen LogP contribution >= 0.6 is 0 Å². The number of nitrogens with one attached hydrogen (secondary N) is 1. The maximum absolute atomic E-state index is 10.7. The first-order valence-electron chi connectivity index (χ1n) is 9.61. The van der Waals surface area contributed by atoms with Crippen molar-refractivity contribution in [1.29, 1.82) is 0 Å². The second-order valence-corrected chi connectivity index (χ2v) is 7.46. The molecule has 1 atom stereocenters. The highest BCUT2D eigenvalue weighted by atomic mass is 16.3. The standard InChI is InChI=1S/C24H26N2O/c1-17(2)18-11-13-19(14-12-18)25-15-20(27)16-26-23-9-5-3-7-21(23)22-8-4-6-10-24(22)26/h3-14,17,20,25,27H,15-16H2,1-2H3/t20-/m1/s1. The second kappa shape index (κ2) is 7.45. The van der Waals surface area contributed by atoms with Gasteiger partial charge in [-0.25, -0.2) is 0 Å². The molecule has 3 heteroatoms. The molecule has 0 saturated heterocycles. The van der Waals surface area contributed by atoms with Crippen molar-refractivity contribution in [2.45, 2.75) is 32.4 Å². The van der Waals surface area contributed by atoms with Crippen LogP contribution in [0.2, 0.25) is 0 Å². The highest BCUT2D eigenvalue weighted by molar-refractivity contribution is 6.07. The third kappa shape index (κ3) is 3.56. The van der Waals surface area contributed by atoms with Gasteiger partial charge in [0.15, 0.2) is 0 Å². The van der Waals surface area contributed by atoms with Gasteiger partial charge >= 0.3 is 0 Å². The molecule has 0 aliphatic carbocycles. The number of hydrogen-bond acceptors (Lipinski definition) is 2. The number of rotatable bonds is 6. The molecule has 1 aromatic heterocycles. The van der Waals surface area contributed by atoms with Crippen molar-refractivity contribution in [3.8, 4) is 0 Å². The lowest BCUT2D eigenvalue weighted by Gasteiger charge is -2.16. The molecular formula is C24H26N2O. The molecule has 0 saturated carbocycles. The Morgan fingerprint density at radius 1 is 0.815 bits per heavy atom. The highest BCUT2D eigenvalue weighted by Crippen LogP contribution is 2.28. The van der Waals surface area contributed by atoms with Gasteiger partial charge in [0.25, 0.3) is 0 Å². The minimum Gasteiger partial charge on any atom is -0.389 e. The Hall–Kier alpha value is -2.78. The van der Waals surface area contributed by atoms with Crippen molar-refractivity contribution in [2.24, 2.45) is 0 Å². The van der Waals surface area contributed by atoms with Gasteiger partial charge in [-0.05, 0) is 35.7 Å². The Balaban J connectivity index is 1.51. The topological polar surface area (TPSA) is 37.2 Å². The average Bonchev–Trinajstić information content (AvgIpc) is 3.01. The van der Waals surface area contributed by atoms with E-state index in [2.05, 4.69) is 96.5 Å². The van der Waals surface area contributed by atoms with Crippen LogP contribution in [0.25, 0.3) is 21.8 Å². The molecule has 0 fully saturated rings. The first-order chi connectivity index (χ1) is 13.1. The minimum atomic E-state index is -0.478. The smallest absolute Gasteiger partial charge is 0.0891 e. The largest absolute Gasteiger partial charge is 0.389 e. The number of fused-ring (bicyclic) bond motifs is 3. The van der Waals surface area contributed by atoms with Gasteiger partial charge in [0.1, 0.15) is 0 Å². The Kier molecular flexibility index (Phi) is 4.87. The summed E-state index contributed by atoms with van der Waals surface area (Å²) >= 11 is 0. The number of para-hydroxylation sites is 2. The van der Waals surface area contributed by atoms with E-state index in [1.807, 2.05) is 0 Å². The Labute approximate surface area is 160 Å². The minimum absolute atomic E-state index is 0.478. The second-order valence-electron chi connectivity index (χ2n) is 7.46. The zero-order valence-corrected chi connectivity index (χ0v) is 15.9. The van der Waals surface area contributed by atoms with E-state index in [1.54, 1.807) is 0 Å². The van der Waals surface area contributed by atoms with Crippen molar-refractivity contribution in [1.82, 2.24) is 4.57 Å². The molecule has 0 unspecified atom stereocenters. The van der Waals surface area contributed by atoms with Crippen LogP contribution in [-0.2, 0) is 6.54 Å². The number of aliphatic hydroxyl groups is 1. The molecule has 27 heavy (non-hydrogen) atoms. The van der Waals surface area contributed by atoms with Crippen LogP contribution in [0.5, 0.6) is 0 Å². The SMILES string of the molecule is CC(C)c1ccc(NC[C@@H](O)Cn2c3ccccc3c3ccccc32)cc1. The zero-order chi connectivity index (χ0) is 18.8. The summed E-state index contributed by atoms with van der Waals surface area (Å²) < 4.78 is 2.22. The van der Waals surface area contributed by atoms with Crippen LogP contribution in [0, 0.1) is 0 Å². The normalized spacial score (nSPS) is 12.7. The average molecular weight is 358 g/mol. The van der Waals surface area contributed by atoms with E-state index in [-0.39, 0.29) is 0 Å². The van der Waals surface area contributed by atoms with Crippen LogP contribution in [0.4, 0.5) is 5.69 Å². The molecule has 4 rings (SSSR count). The number of nitrogens with zero attached hydrogens (tertiary/aromatic N) is 1. The van der Waals surface area contributed by atoms with Crippen LogP contribution in [0.1, 0.15) is 25.3 Å². The summed E-state index contributed by atoms with van der Waals surface area (Å²) in [5.74, 6) is 0.528. The van der Waals surface area contributed by atoms with E-state index in [0.717, 1.165) is 5.69 Å². The number of aromatic nitrogens is 1. The van der Waals surface area contributed by atoms with E-state index >= 15 is 0 Å². The Morgan fingerprint density at radius 3 is 1.93 bits per heavy atom. The molecule has 4 aromatic rings. The van der Waals surface area contributed by atoms with Gasteiger partial charge in [0.2, 0.25) is 0 Å². The molecule has 1 heterocycles. The van der Waals surface area contributed by atoms with Crippen LogP contribution in [0.3, 0.4) is 0 Å². The van der Waals surface area contributed by atoms with Gasteiger partial charge in [-0.2, -0.15) is 0 Å². The summed E-state index contributed by atoms with van der Waals surface area (Å²) in [6.07, 6.45) is -0.478. The molecule has 0 spiro atoms. The third-order valence-electron chi connectivity index (χ3n) is 5.19. The van der Waals surface area contributed by atoms with E-state index in [4.69, 9.17) is 0 Å². The quantitative estimate of drug-likeness (QED) is 0.485. The number of benzene rings is 3. The first kappa shape index (κ1) is 17.6. The number of anilines is 1. The number of aliphatic hydroxyl groups excluding tert-OH is 1. The van der Waals surface area contributed by atoms with Gasteiger partial charge in [0, 0.05) is 34.0 Å². The lowest BCUT2D eigenvalue weighted by atomic mass is 10.0. The Morgan fingerprint density at radius 2 is 1.37 bits per heavy atom. The molecule has 0 bridgehead atoms. The van der Waals surface area contributed by atoms with E-state index in [1.165, 1.54) is 27.4 Å². The highest BCUT2D eigenvalue weighted by Gasteiger charge is 2.13. The molecule has 3 aromatic carbocycles. The third-order valence-corrected chi connectivity index (χ3v) is 5.19. The molecule has 0 aliphatic rings. The molecule has 0 aliphatic heterocycles. The maximum Gasteiger partial charge on any atom is 0.0891 e. The fourth-order valence-corrected chi connectivity index (χ4v) is 3.70. The van der Waals surface area contributed by atoms with Crippen LogP contribution in [-0.4, -0.2) is 22.3 Å². The van der Waals surface area contributed by atoms with Crippen molar-refractivity contribution in [3.63, 3.8) is 0 Å². The Bertz CT molecular complexity index is 994. The maximum atomic E-state index is 10.7. The van der Waals surface area contributed by atoms with Gasteiger partial charge in [-0.15, -0.1) is 0 Å². The summed E-state index contributed by atoms with van der Waals surface area (Å²) in [5, 5.41) is 16.5. The van der Waals surface area contributed by atoms with Crippen LogP contribution in [0.15, 0.2) is 72.8 Å². The number of hydrogen-bond donors (Lipinski definition) is 2. The van der Waals surface area contributed by atoms with Crippen LogP contribution < -0.4 is 5.32 Å². The predicted octanol–water partition coefficient (Wildman–Crippen LogP) is 5.39. The van der Waals surface area contributed by atoms with E-state index in [0.29, 0.717) is 19.0 Å². The fraction of sp³-hybridized carbons (Fsp3) is 0.250. The zero-order valence-electron chi connectivity index (χ0n) is 15.9. The van der Waals surface area contributed by atoms with Crippen molar-refractivity contribution in [2.75, 3.05) is 11.9 Å². The fourth-order valence-electron chi connectivity index (χ4n) is 3.70. The van der Waals surface area contributed by atoms with Gasteiger partial charge in [-0.1, -0.05) is 62.4 Å². The molecule has 138 valence electrons. The predicted molar refractivity (Wildman–Crippen MR) is 114 cm³/mol. The molecule has 0 radical (unpaired) electrons. The lowest BCUT2D eigenvalue weighted by Crippen LogP contribution is -2.24. The molecular weight excluding hydrogens is 332 g/mol. The van der Waals surface area contributed by atoms with Crippen molar-refractivity contribution >= 4 is 27.5 Å². The summed E-state index contributed by atoms with van der Waals surface area (Å²) in [5.41, 5.74) is 4.70. The van der Waals surface area contributed by atoms with Gasteiger partial charge in [-0.3, -0.25) is 0 Å². The van der Waals surface area contributed by atoms with Crippen molar-refractivity contribution in [3.05, 3.63) is 78.4 Å². The van der Waals surface area contributed by atoms with Gasteiger partial charge < -0.3 is 15.0 Å². The monoisotopic (exact) mass is 358 g/mol. The summed E-state index contributed by atoms with van der Waals surface area (Å²) in [7, 11) is 0. The summed E-state index contributed by atoms with van der Waals surface area (Å²) in [6, 6.07) is 25.3. The van der Waals surface area contributed by atoms with E-state index in [9.17, 15) is 5.11 Å². The van der Waals surface area contributed by atoms with E-state index < -0.39 is 6.10 Å². The van der Waals surface area contributed by atoms with Crippen molar-refractivity contribution < 1.29 is 5.11 Å². The summed E-state index contributed by atoms with van der Waals surface area (Å²) in [6.45, 7) is 5.46. The molecule has 0 amide bonds. The van der Waals surface area contributed by atoms with Gasteiger partial charge in [0.05, 0.1) is 12.6 Å². The first-order valence-corrected chi connectivity index (χ1v) is 9.61. The lowest BCUT2D eigenvalue weighted by molar-refractivity contribution is 0.169. The molecule has 2 N–H and O–H groups in total. The molecule has 3 nitrogen and oxygen atoms in total. The summed E-state index contributed by atoms with van der Waals surface area (Å²) in [4.78, 5) is 0.